The lowest BCUT2D eigenvalue weighted by atomic mass is 10.2. The number of sulfonamides is 1. The first kappa shape index (κ1) is 16.7. The van der Waals surface area contributed by atoms with Crippen molar-refractivity contribution in [1.82, 2.24) is 4.31 Å². The lowest BCUT2D eigenvalue weighted by Crippen LogP contribution is -2.18. The van der Waals surface area contributed by atoms with E-state index in [1.54, 1.807) is 31.2 Å². The van der Waals surface area contributed by atoms with Crippen LogP contribution in [0.2, 0.25) is 0 Å². The molecule has 0 amide bonds. The van der Waals surface area contributed by atoms with Crippen molar-refractivity contribution >= 4 is 15.7 Å². The molecule has 2 unspecified atom stereocenters. The number of benzene rings is 2. The Labute approximate surface area is 142 Å². The second kappa shape index (κ2) is 6.75. The van der Waals surface area contributed by atoms with Gasteiger partial charge in [-0.1, -0.05) is 53.2 Å². The van der Waals surface area contributed by atoms with Gasteiger partial charge in [-0.15, -0.1) is 0 Å². The minimum atomic E-state index is -3.46. The average molecular weight is 344 g/mol. The summed E-state index contributed by atoms with van der Waals surface area (Å²) in [6.07, 6.45) is 0. The van der Waals surface area contributed by atoms with Crippen molar-refractivity contribution < 1.29 is 13.3 Å². The van der Waals surface area contributed by atoms with Gasteiger partial charge in [-0.25, -0.2) is 8.42 Å². The fraction of sp³-hybridized carbons (Fsp3) is 0.278. The summed E-state index contributed by atoms with van der Waals surface area (Å²) in [5.41, 5.74) is 2.72. The number of aryl methyl sites for hydroxylation is 1. The molecule has 24 heavy (non-hydrogen) atoms. The quantitative estimate of drug-likeness (QED) is 0.460. The molecule has 1 aliphatic rings. The zero-order chi connectivity index (χ0) is 17.2. The zero-order valence-corrected chi connectivity index (χ0v) is 14.5. The molecule has 5 nitrogen and oxygen atoms in total. The average Bonchev–Trinajstić information content (AvgIpc) is 3.38. The van der Waals surface area contributed by atoms with Gasteiger partial charge in [-0.2, -0.15) is 4.31 Å². The molecule has 0 saturated carbocycles. The highest BCUT2D eigenvalue weighted by molar-refractivity contribution is 7.89. The Morgan fingerprint density at radius 3 is 2.50 bits per heavy atom. The predicted molar refractivity (Wildman–Crippen MR) is 93.2 cm³/mol. The summed E-state index contributed by atoms with van der Waals surface area (Å²) in [4.78, 5) is 5.65. The molecule has 0 aliphatic carbocycles. The Morgan fingerprint density at radius 2 is 1.83 bits per heavy atom. The van der Waals surface area contributed by atoms with Crippen molar-refractivity contribution in [1.29, 1.82) is 0 Å². The van der Waals surface area contributed by atoms with E-state index < -0.39 is 10.0 Å². The van der Waals surface area contributed by atoms with Crippen molar-refractivity contribution in [2.24, 2.45) is 5.16 Å². The van der Waals surface area contributed by atoms with Crippen LogP contribution in [0.15, 0.2) is 64.6 Å². The van der Waals surface area contributed by atoms with Crippen LogP contribution in [0, 0.1) is 6.92 Å². The Morgan fingerprint density at radius 1 is 1.17 bits per heavy atom. The summed E-state index contributed by atoms with van der Waals surface area (Å²) >= 11 is 0. The van der Waals surface area contributed by atoms with Gasteiger partial charge < -0.3 is 4.84 Å². The van der Waals surface area contributed by atoms with Gasteiger partial charge in [0.1, 0.15) is 6.61 Å². The van der Waals surface area contributed by atoms with Crippen LogP contribution >= 0.6 is 0 Å². The van der Waals surface area contributed by atoms with Crippen LogP contribution < -0.4 is 0 Å². The summed E-state index contributed by atoms with van der Waals surface area (Å²) in [6.45, 7) is 4.54. The number of nitrogens with zero attached hydrogens (tertiary/aromatic N) is 2. The maximum atomic E-state index is 12.5. The minimum Gasteiger partial charge on any atom is -0.391 e. The first-order chi connectivity index (χ1) is 11.5. The summed E-state index contributed by atoms with van der Waals surface area (Å²) in [7, 11) is -3.46. The zero-order valence-electron chi connectivity index (χ0n) is 13.7. The van der Waals surface area contributed by atoms with Crippen LogP contribution in [0.4, 0.5) is 0 Å². The topological polar surface area (TPSA) is 58.7 Å². The van der Waals surface area contributed by atoms with Crippen LogP contribution in [0.5, 0.6) is 0 Å². The van der Waals surface area contributed by atoms with Gasteiger partial charge in [0.2, 0.25) is 10.0 Å². The van der Waals surface area contributed by atoms with Crippen LogP contribution in [0.1, 0.15) is 18.1 Å². The minimum absolute atomic E-state index is 0.216. The SMILES string of the molecule is C/C(=N/OCc1ccccc1)C1CN1S(=O)(=O)c1ccc(C)cc1. The number of rotatable bonds is 6. The van der Waals surface area contributed by atoms with E-state index in [0.717, 1.165) is 11.1 Å². The number of hydrogen-bond donors (Lipinski definition) is 0. The van der Waals surface area contributed by atoms with E-state index in [2.05, 4.69) is 5.16 Å². The molecule has 1 heterocycles. The van der Waals surface area contributed by atoms with E-state index in [4.69, 9.17) is 4.84 Å². The highest BCUT2D eigenvalue weighted by Crippen LogP contribution is 2.29. The molecule has 0 aromatic heterocycles. The second-order valence-corrected chi connectivity index (χ2v) is 7.79. The van der Waals surface area contributed by atoms with Crippen LogP contribution in [0.3, 0.4) is 0 Å². The fourth-order valence-corrected chi connectivity index (χ4v) is 3.99. The van der Waals surface area contributed by atoms with Crippen molar-refractivity contribution in [2.75, 3.05) is 6.54 Å². The smallest absolute Gasteiger partial charge is 0.243 e. The Balaban J connectivity index is 1.61. The molecule has 1 aliphatic heterocycles. The summed E-state index contributed by atoms with van der Waals surface area (Å²) < 4.78 is 26.5. The highest BCUT2D eigenvalue weighted by Gasteiger charge is 2.46. The summed E-state index contributed by atoms with van der Waals surface area (Å²) in [6, 6.07) is 16.4. The summed E-state index contributed by atoms with van der Waals surface area (Å²) in [5.74, 6) is 0. The van der Waals surface area contributed by atoms with E-state index in [0.29, 0.717) is 23.8 Å². The largest absolute Gasteiger partial charge is 0.391 e. The highest BCUT2D eigenvalue weighted by atomic mass is 32.2. The Kier molecular flexibility index (Phi) is 4.69. The Bertz CT molecular complexity index is 830. The van der Waals surface area contributed by atoms with Crippen LogP contribution in [-0.2, 0) is 21.5 Å². The van der Waals surface area contributed by atoms with Crippen molar-refractivity contribution in [3.8, 4) is 0 Å². The maximum absolute atomic E-state index is 12.5. The molecular formula is C18H20N2O3S. The van der Waals surface area contributed by atoms with Crippen molar-refractivity contribution in [2.45, 2.75) is 31.4 Å². The maximum Gasteiger partial charge on any atom is 0.243 e. The number of hydrogen-bond acceptors (Lipinski definition) is 4. The van der Waals surface area contributed by atoms with Crippen molar-refractivity contribution in [3.05, 3.63) is 65.7 Å². The molecule has 2 atom stereocenters. The molecule has 1 saturated heterocycles. The van der Waals surface area contributed by atoms with Crippen LogP contribution in [-0.4, -0.2) is 31.0 Å². The molecular weight excluding hydrogens is 324 g/mol. The van der Waals surface area contributed by atoms with E-state index >= 15 is 0 Å². The molecule has 0 radical (unpaired) electrons. The lowest BCUT2D eigenvalue weighted by Gasteiger charge is -2.07. The van der Waals surface area contributed by atoms with Crippen molar-refractivity contribution in [3.63, 3.8) is 0 Å². The van der Waals surface area contributed by atoms with E-state index in [9.17, 15) is 8.42 Å². The third kappa shape index (κ3) is 3.66. The van der Waals surface area contributed by atoms with Gasteiger partial charge in [-0.3, -0.25) is 0 Å². The molecule has 2 aromatic carbocycles. The first-order valence-corrected chi connectivity index (χ1v) is 9.21. The van der Waals surface area contributed by atoms with Gasteiger partial charge >= 0.3 is 0 Å². The monoisotopic (exact) mass is 344 g/mol. The molecule has 0 spiro atoms. The molecule has 2 aromatic rings. The summed E-state index contributed by atoms with van der Waals surface area (Å²) in [5, 5.41) is 4.06. The Hall–Kier alpha value is -2.18. The van der Waals surface area contributed by atoms with Gasteiger partial charge in [0.15, 0.2) is 0 Å². The lowest BCUT2D eigenvalue weighted by molar-refractivity contribution is 0.129. The molecule has 0 N–H and O–H groups in total. The normalized spacial score (nSPS) is 20.7. The molecule has 6 heteroatoms. The van der Waals surface area contributed by atoms with E-state index in [-0.39, 0.29) is 6.04 Å². The third-order valence-electron chi connectivity index (χ3n) is 3.96. The molecule has 3 rings (SSSR count). The molecule has 1 fully saturated rings. The van der Waals surface area contributed by atoms with E-state index in [1.165, 1.54) is 4.31 Å². The first-order valence-electron chi connectivity index (χ1n) is 7.77. The predicted octanol–water partition coefficient (Wildman–Crippen LogP) is 2.96. The molecule has 0 bridgehead atoms. The number of oxime groups is 1. The van der Waals surface area contributed by atoms with Crippen LogP contribution in [0.25, 0.3) is 0 Å². The van der Waals surface area contributed by atoms with Gasteiger partial charge in [0, 0.05) is 6.54 Å². The fourth-order valence-electron chi connectivity index (χ4n) is 2.42. The van der Waals surface area contributed by atoms with E-state index in [1.807, 2.05) is 37.3 Å². The van der Waals surface area contributed by atoms with Gasteiger partial charge in [0.05, 0.1) is 16.6 Å². The standard InChI is InChI=1S/C18H20N2O3S/c1-14-8-10-17(11-9-14)24(21,22)20-12-18(20)15(2)19-23-13-16-6-4-3-5-7-16/h3-11,18H,12-13H2,1-2H3/b19-15-. The van der Waals surface area contributed by atoms with Gasteiger partial charge in [-0.05, 0) is 31.5 Å². The third-order valence-corrected chi connectivity index (χ3v) is 5.85. The van der Waals surface area contributed by atoms with Gasteiger partial charge in [0.25, 0.3) is 0 Å². The second-order valence-electron chi connectivity index (χ2n) is 5.90. The molecule has 126 valence electrons.